The highest BCUT2D eigenvalue weighted by Gasteiger charge is 2.20. The standard InChI is InChI=1S/C20H22FN7O2/c1-12-6-13(2-3-15(12)21)9-23-18(29)16-7-17(28-20(27-16)25-11-26-28)19(30)24-10-14-4-5-22-8-14/h2-3,6-7,11,14,22H,4-5,8-10H2,1H3,(H,23,29)(H,24,30)/t14-/m0/s1. The van der Waals surface area contributed by atoms with Crippen molar-refractivity contribution in [3.8, 4) is 0 Å². The summed E-state index contributed by atoms with van der Waals surface area (Å²) in [6.45, 7) is 4.21. The maximum absolute atomic E-state index is 13.4. The molecule has 0 aliphatic carbocycles. The molecule has 0 unspecified atom stereocenters. The topological polar surface area (TPSA) is 113 Å². The van der Waals surface area contributed by atoms with Gasteiger partial charge in [-0.25, -0.2) is 9.37 Å². The van der Waals surface area contributed by atoms with Gasteiger partial charge in [-0.15, -0.1) is 0 Å². The van der Waals surface area contributed by atoms with Gasteiger partial charge in [0.1, 0.15) is 23.5 Å². The van der Waals surface area contributed by atoms with Crippen molar-refractivity contribution in [1.29, 1.82) is 0 Å². The number of nitrogens with one attached hydrogen (secondary N) is 3. The summed E-state index contributed by atoms with van der Waals surface area (Å²) < 4.78 is 14.7. The van der Waals surface area contributed by atoms with Crippen LogP contribution in [0, 0.1) is 18.7 Å². The van der Waals surface area contributed by atoms with Crippen LogP contribution in [0.15, 0.2) is 30.6 Å². The lowest BCUT2D eigenvalue weighted by molar-refractivity contribution is 0.0940. The molecule has 0 bridgehead atoms. The number of aromatic nitrogens is 4. The molecule has 10 heteroatoms. The Morgan fingerprint density at radius 3 is 2.90 bits per heavy atom. The molecule has 2 amide bonds. The van der Waals surface area contributed by atoms with E-state index in [4.69, 9.17) is 0 Å². The van der Waals surface area contributed by atoms with E-state index in [1.54, 1.807) is 19.1 Å². The van der Waals surface area contributed by atoms with Crippen molar-refractivity contribution < 1.29 is 14.0 Å². The summed E-state index contributed by atoms with van der Waals surface area (Å²) in [5, 5.41) is 12.9. The van der Waals surface area contributed by atoms with Crippen molar-refractivity contribution in [1.82, 2.24) is 35.5 Å². The third kappa shape index (κ3) is 4.28. The van der Waals surface area contributed by atoms with Crippen LogP contribution in [-0.4, -0.2) is 51.0 Å². The van der Waals surface area contributed by atoms with Crippen LogP contribution in [0.5, 0.6) is 0 Å². The SMILES string of the molecule is Cc1cc(CNC(=O)c2cc(C(=O)NC[C@H]3CCNC3)n3ncnc3n2)ccc1F. The zero-order chi connectivity index (χ0) is 21.1. The maximum Gasteiger partial charge on any atom is 0.270 e. The molecule has 0 radical (unpaired) electrons. The molecule has 156 valence electrons. The number of hydrogen-bond donors (Lipinski definition) is 3. The monoisotopic (exact) mass is 411 g/mol. The second-order valence-corrected chi connectivity index (χ2v) is 7.33. The van der Waals surface area contributed by atoms with Crippen LogP contribution < -0.4 is 16.0 Å². The molecule has 1 aromatic carbocycles. The second kappa shape index (κ2) is 8.54. The molecule has 0 saturated carbocycles. The van der Waals surface area contributed by atoms with Gasteiger partial charge in [0.15, 0.2) is 0 Å². The van der Waals surface area contributed by atoms with Crippen molar-refractivity contribution in [3.05, 3.63) is 58.9 Å². The Morgan fingerprint density at radius 1 is 1.27 bits per heavy atom. The van der Waals surface area contributed by atoms with Crippen LogP contribution in [0.3, 0.4) is 0 Å². The van der Waals surface area contributed by atoms with Crippen molar-refractivity contribution in [2.45, 2.75) is 19.9 Å². The summed E-state index contributed by atoms with van der Waals surface area (Å²) in [4.78, 5) is 33.6. The normalized spacial score (nSPS) is 16.0. The van der Waals surface area contributed by atoms with E-state index in [-0.39, 0.29) is 35.4 Å². The van der Waals surface area contributed by atoms with E-state index in [9.17, 15) is 14.0 Å². The predicted molar refractivity (Wildman–Crippen MR) is 106 cm³/mol. The Kier molecular flexibility index (Phi) is 5.66. The molecule has 1 saturated heterocycles. The van der Waals surface area contributed by atoms with Gasteiger partial charge < -0.3 is 16.0 Å². The number of halogens is 1. The quantitative estimate of drug-likeness (QED) is 0.554. The van der Waals surface area contributed by atoms with Gasteiger partial charge in [0.25, 0.3) is 17.6 Å². The zero-order valence-corrected chi connectivity index (χ0v) is 16.5. The number of hydrogen-bond acceptors (Lipinski definition) is 6. The number of nitrogens with zero attached hydrogens (tertiary/aromatic N) is 4. The first kappa shape index (κ1) is 19.9. The lowest BCUT2D eigenvalue weighted by Gasteiger charge is -2.11. The van der Waals surface area contributed by atoms with Gasteiger partial charge >= 0.3 is 0 Å². The fourth-order valence-corrected chi connectivity index (χ4v) is 3.40. The average molecular weight is 411 g/mol. The van der Waals surface area contributed by atoms with Gasteiger partial charge in [0, 0.05) is 19.2 Å². The fourth-order valence-electron chi connectivity index (χ4n) is 3.40. The molecule has 30 heavy (non-hydrogen) atoms. The summed E-state index contributed by atoms with van der Waals surface area (Å²) in [5.41, 5.74) is 1.50. The first-order valence-electron chi connectivity index (χ1n) is 9.74. The third-order valence-electron chi connectivity index (χ3n) is 5.11. The third-order valence-corrected chi connectivity index (χ3v) is 5.11. The predicted octanol–water partition coefficient (Wildman–Crippen LogP) is 0.841. The van der Waals surface area contributed by atoms with Gasteiger partial charge in [-0.1, -0.05) is 12.1 Å². The zero-order valence-electron chi connectivity index (χ0n) is 16.5. The molecule has 4 rings (SSSR count). The number of carbonyl (C=O) groups is 2. The Balaban J connectivity index is 1.49. The van der Waals surface area contributed by atoms with E-state index >= 15 is 0 Å². The lowest BCUT2D eigenvalue weighted by Crippen LogP contribution is -2.32. The minimum atomic E-state index is -0.462. The highest BCUT2D eigenvalue weighted by Crippen LogP contribution is 2.11. The van der Waals surface area contributed by atoms with Gasteiger partial charge in [-0.3, -0.25) is 9.59 Å². The molecular formula is C20H22FN7O2. The molecule has 3 heterocycles. The van der Waals surface area contributed by atoms with Crippen LogP contribution in [0.4, 0.5) is 4.39 Å². The Morgan fingerprint density at radius 2 is 2.13 bits per heavy atom. The van der Waals surface area contributed by atoms with E-state index in [0.717, 1.165) is 25.1 Å². The van der Waals surface area contributed by atoms with Gasteiger partial charge in [0.2, 0.25) is 0 Å². The number of rotatable bonds is 6. The highest BCUT2D eigenvalue weighted by molar-refractivity contribution is 5.98. The number of aryl methyl sites for hydroxylation is 1. The van der Waals surface area contributed by atoms with Crippen LogP contribution in [-0.2, 0) is 6.54 Å². The Hall–Kier alpha value is -3.40. The average Bonchev–Trinajstić information content (AvgIpc) is 3.43. The van der Waals surface area contributed by atoms with E-state index in [1.807, 2.05) is 0 Å². The number of amides is 2. The molecule has 1 aliphatic rings. The van der Waals surface area contributed by atoms with Crippen LogP contribution >= 0.6 is 0 Å². The Labute approximate surface area is 172 Å². The molecule has 2 aromatic heterocycles. The number of benzene rings is 1. The molecule has 3 aromatic rings. The van der Waals surface area contributed by atoms with Crippen molar-refractivity contribution >= 4 is 17.6 Å². The smallest absolute Gasteiger partial charge is 0.270 e. The fraction of sp³-hybridized carbons (Fsp3) is 0.350. The summed E-state index contributed by atoms with van der Waals surface area (Å²) in [7, 11) is 0. The van der Waals surface area contributed by atoms with Crippen LogP contribution in [0.2, 0.25) is 0 Å². The van der Waals surface area contributed by atoms with Crippen molar-refractivity contribution in [2.24, 2.45) is 5.92 Å². The minimum absolute atomic E-state index is 0.0574. The molecule has 3 N–H and O–H groups in total. The highest BCUT2D eigenvalue weighted by atomic mass is 19.1. The van der Waals surface area contributed by atoms with Crippen LogP contribution in [0.1, 0.15) is 38.5 Å². The van der Waals surface area contributed by atoms with Gasteiger partial charge in [-0.2, -0.15) is 14.6 Å². The second-order valence-electron chi connectivity index (χ2n) is 7.33. The van der Waals surface area contributed by atoms with Crippen molar-refractivity contribution in [2.75, 3.05) is 19.6 Å². The Bertz CT molecular complexity index is 1090. The molecule has 9 nitrogen and oxygen atoms in total. The first-order chi connectivity index (χ1) is 14.5. The summed E-state index contributed by atoms with van der Waals surface area (Å²) in [6, 6.07) is 6.03. The lowest BCUT2D eigenvalue weighted by atomic mass is 10.1. The van der Waals surface area contributed by atoms with Gasteiger partial charge in [-0.05, 0) is 49.5 Å². The van der Waals surface area contributed by atoms with Gasteiger partial charge in [0.05, 0.1) is 0 Å². The summed E-state index contributed by atoms with van der Waals surface area (Å²) >= 11 is 0. The molecule has 1 atom stereocenters. The maximum atomic E-state index is 13.4. The summed E-state index contributed by atoms with van der Waals surface area (Å²) in [6.07, 6.45) is 2.29. The molecule has 0 spiro atoms. The van der Waals surface area contributed by atoms with Crippen molar-refractivity contribution in [3.63, 3.8) is 0 Å². The number of fused-ring (bicyclic) bond motifs is 1. The van der Waals surface area contributed by atoms with E-state index < -0.39 is 5.91 Å². The summed E-state index contributed by atoms with van der Waals surface area (Å²) in [5.74, 6) is -0.565. The van der Waals surface area contributed by atoms with E-state index in [0.29, 0.717) is 18.0 Å². The molecule has 1 fully saturated rings. The molecule has 1 aliphatic heterocycles. The van der Waals surface area contributed by atoms with E-state index in [1.165, 1.54) is 23.0 Å². The van der Waals surface area contributed by atoms with E-state index in [2.05, 4.69) is 31.0 Å². The number of carbonyl (C=O) groups excluding carboxylic acids is 2. The minimum Gasteiger partial charge on any atom is -0.350 e. The van der Waals surface area contributed by atoms with Crippen LogP contribution in [0.25, 0.3) is 5.78 Å². The first-order valence-corrected chi connectivity index (χ1v) is 9.74. The molecular weight excluding hydrogens is 389 g/mol. The largest absolute Gasteiger partial charge is 0.350 e.